The molecule has 0 unspecified atom stereocenters. The van der Waals surface area contributed by atoms with Crippen molar-refractivity contribution in [3.63, 3.8) is 0 Å². The maximum Gasteiger partial charge on any atom is 0.255 e. The Labute approximate surface area is 123 Å². The molecule has 0 radical (unpaired) electrons. The van der Waals surface area contributed by atoms with Crippen molar-refractivity contribution in [2.45, 2.75) is 6.92 Å². The molecule has 0 heterocycles. The van der Waals surface area contributed by atoms with Crippen molar-refractivity contribution in [3.8, 4) is 0 Å². The molecule has 2 aromatic rings. The number of halogens is 2. The van der Waals surface area contributed by atoms with Crippen LogP contribution in [0.1, 0.15) is 15.9 Å². The van der Waals surface area contributed by atoms with Gasteiger partial charge in [-0.15, -0.1) is 0 Å². The number of hydrogen-bond acceptors (Lipinski definition) is 1. The summed E-state index contributed by atoms with van der Waals surface area (Å²) in [5, 5.41) is 2.86. The maximum atomic E-state index is 12.0. The standard InChI is InChI=1S/C14H11Br2NO/c1-9-2-5-11(6-3-9)17-14(18)10-4-7-12(15)13(16)8-10/h2-8H,1H3,(H,17,18). The first-order chi connectivity index (χ1) is 8.56. The summed E-state index contributed by atoms with van der Waals surface area (Å²) in [5.74, 6) is -0.118. The average molecular weight is 369 g/mol. The van der Waals surface area contributed by atoms with E-state index in [4.69, 9.17) is 0 Å². The molecule has 0 saturated heterocycles. The molecule has 0 saturated carbocycles. The molecule has 0 bridgehead atoms. The molecular formula is C14H11Br2NO. The maximum absolute atomic E-state index is 12.0. The van der Waals surface area contributed by atoms with Crippen molar-refractivity contribution in [3.05, 3.63) is 62.5 Å². The van der Waals surface area contributed by atoms with Gasteiger partial charge in [-0.25, -0.2) is 0 Å². The van der Waals surface area contributed by atoms with Crippen LogP contribution in [-0.2, 0) is 0 Å². The first-order valence-electron chi connectivity index (χ1n) is 5.39. The lowest BCUT2D eigenvalue weighted by molar-refractivity contribution is 0.102. The number of hydrogen-bond donors (Lipinski definition) is 1. The van der Waals surface area contributed by atoms with E-state index < -0.39 is 0 Å². The molecule has 0 aliphatic carbocycles. The molecule has 92 valence electrons. The Balaban J connectivity index is 2.16. The van der Waals surface area contributed by atoms with E-state index in [9.17, 15) is 4.79 Å². The van der Waals surface area contributed by atoms with Crippen LogP contribution in [0.2, 0.25) is 0 Å². The predicted molar refractivity (Wildman–Crippen MR) is 81.0 cm³/mol. The van der Waals surface area contributed by atoms with E-state index in [1.165, 1.54) is 5.56 Å². The molecule has 4 heteroatoms. The van der Waals surface area contributed by atoms with E-state index in [-0.39, 0.29) is 5.91 Å². The summed E-state index contributed by atoms with van der Waals surface area (Å²) in [6, 6.07) is 13.1. The Morgan fingerprint density at radius 2 is 1.67 bits per heavy atom. The zero-order valence-corrected chi connectivity index (χ0v) is 12.9. The van der Waals surface area contributed by atoms with Gasteiger partial charge in [0.05, 0.1) is 0 Å². The van der Waals surface area contributed by atoms with Crippen molar-refractivity contribution in [2.75, 3.05) is 5.32 Å². The lowest BCUT2D eigenvalue weighted by Crippen LogP contribution is -2.11. The third-order valence-corrected chi connectivity index (χ3v) is 4.37. The predicted octanol–water partition coefficient (Wildman–Crippen LogP) is 4.77. The van der Waals surface area contributed by atoms with Crippen molar-refractivity contribution >= 4 is 43.5 Å². The van der Waals surface area contributed by atoms with Crippen LogP contribution in [0.3, 0.4) is 0 Å². The molecule has 18 heavy (non-hydrogen) atoms. The highest BCUT2D eigenvalue weighted by molar-refractivity contribution is 9.13. The minimum atomic E-state index is -0.118. The Morgan fingerprint density at radius 3 is 2.28 bits per heavy atom. The minimum absolute atomic E-state index is 0.118. The molecule has 1 amide bonds. The van der Waals surface area contributed by atoms with E-state index in [1.807, 2.05) is 37.3 Å². The summed E-state index contributed by atoms with van der Waals surface area (Å²) in [6.07, 6.45) is 0. The van der Waals surface area contributed by atoms with Crippen LogP contribution >= 0.6 is 31.9 Å². The van der Waals surface area contributed by atoms with Crippen LogP contribution in [0.5, 0.6) is 0 Å². The molecule has 0 spiro atoms. The van der Waals surface area contributed by atoms with Crippen LogP contribution in [0.4, 0.5) is 5.69 Å². The molecule has 0 aliphatic heterocycles. The number of amides is 1. The highest BCUT2D eigenvalue weighted by atomic mass is 79.9. The topological polar surface area (TPSA) is 29.1 Å². The van der Waals surface area contributed by atoms with Gasteiger partial charge in [-0.1, -0.05) is 17.7 Å². The van der Waals surface area contributed by atoms with Gasteiger partial charge < -0.3 is 5.32 Å². The van der Waals surface area contributed by atoms with E-state index in [0.29, 0.717) is 5.56 Å². The quantitative estimate of drug-likeness (QED) is 0.812. The van der Waals surface area contributed by atoms with Crippen molar-refractivity contribution < 1.29 is 4.79 Å². The average Bonchev–Trinajstić information content (AvgIpc) is 2.35. The first-order valence-corrected chi connectivity index (χ1v) is 6.98. The molecule has 0 aromatic heterocycles. The molecule has 0 atom stereocenters. The normalized spacial score (nSPS) is 10.2. The van der Waals surface area contributed by atoms with Crippen molar-refractivity contribution in [1.29, 1.82) is 0 Å². The number of carbonyl (C=O) groups is 1. The van der Waals surface area contributed by atoms with Gasteiger partial charge in [-0.05, 0) is 69.1 Å². The number of benzene rings is 2. The molecule has 0 fully saturated rings. The molecular weight excluding hydrogens is 358 g/mol. The molecule has 2 rings (SSSR count). The second-order valence-corrected chi connectivity index (χ2v) is 5.66. The third-order valence-electron chi connectivity index (χ3n) is 2.49. The smallest absolute Gasteiger partial charge is 0.255 e. The molecule has 2 aromatic carbocycles. The highest BCUT2D eigenvalue weighted by Crippen LogP contribution is 2.24. The lowest BCUT2D eigenvalue weighted by Gasteiger charge is -2.06. The summed E-state index contributed by atoms with van der Waals surface area (Å²) >= 11 is 6.76. The zero-order chi connectivity index (χ0) is 13.1. The van der Waals surface area contributed by atoms with Crippen LogP contribution in [0, 0.1) is 6.92 Å². The summed E-state index contributed by atoms with van der Waals surface area (Å²) in [5.41, 5.74) is 2.58. The highest BCUT2D eigenvalue weighted by Gasteiger charge is 2.07. The Kier molecular flexibility index (Phi) is 4.19. The second kappa shape index (κ2) is 5.67. The lowest BCUT2D eigenvalue weighted by atomic mass is 10.2. The molecule has 2 nitrogen and oxygen atoms in total. The number of nitrogens with one attached hydrogen (secondary N) is 1. The van der Waals surface area contributed by atoms with Crippen LogP contribution < -0.4 is 5.32 Å². The van der Waals surface area contributed by atoms with E-state index >= 15 is 0 Å². The van der Waals surface area contributed by atoms with Crippen molar-refractivity contribution in [1.82, 2.24) is 0 Å². The Morgan fingerprint density at radius 1 is 1.00 bits per heavy atom. The van der Waals surface area contributed by atoms with Crippen LogP contribution in [0.25, 0.3) is 0 Å². The number of rotatable bonds is 2. The van der Waals surface area contributed by atoms with Crippen molar-refractivity contribution in [2.24, 2.45) is 0 Å². The molecule has 1 N–H and O–H groups in total. The van der Waals surface area contributed by atoms with Gasteiger partial charge in [0, 0.05) is 20.2 Å². The molecule has 0 aliphatic rings. The second-order valence-electron chi connectivity index (χ2n) is 3.95. The van der Waals surface area contributed by atoms with E-state index in [1.54, 1.807) is 12.1 Å². The van der Waals surface area contributed by atoms with Gasteiger partial charge in [0.1, 0.15) is 0 Å². The first kappa shape index (κ1) is 13.3. The van der Waals surface area contributed by atoms with Gasteiger partial charge in [-0.2, -0.15) is 0 Å². The Bertz CT molecular complexity index is 579. The number of aryl methyl sites for hydroxylation is 1. The minimum Gasteiger partial charge on any atom is -0.322 e. The monoisotopic (exact) mass is 367 g/mol. The van der Waals surface area contributed by atoms with Gasteiger partial charge >= 0.3 is 0 Å². The van der Waals surface area contributed by atoms with Gasteiger partial charge in [0.25, 0.3) is 5.91 Å². The fourth-order valence-corrected chi connectivity index (χ4v) is 2.10. The number of anilines is 1. The van der Waals surface area contributed by atoms with Gasteiger partial charge in [0.2, 0.25) is 0 Å². The van der Waals surface area contributed by atoms with Crippen LogP contribution in [0.15, 0.2) is 51.4 Å². The summed E-state index contributed by atoms with van der Waals surface area (Å²) in [6.45, 7) is 2.01. The van der Waals surface area contributed by atoms with Gasteiger partial charge in [0.15, 0.2) is 0 Å². The van der Waals surface area contributed by atoms with Crippen LogP contribution in [-0.4, -0.2) is 5.91 Å². The third kappa shape index (κ3) is 3.21. The fourth-order valence-electron chi connectivity index (χ4n) is 1.48. The van der Waals surface area contributed by atoms with Gasteiger partial charge in [-0.3, -0.25) is 4.79 Å². The Hall–Kier alpha value is -1.13. The SMILES string of the molecule is Cc1ccc(NC(=O)c2ccc(Br)c(Br)c2)cc1. The summed E-state index contributed by atoms with van der Waals surface area (Å²) in [4.78, 5) is 12.0. The number of carbonyl (C=O) groups excluding carboxylic acids is 1. The zero-order valence-electron chi connectivity index (χ0n) is 9.71. The summed E-state index contributed by atoms with van der Waals surface area (Å²) in [7, 11) is 0. The van der Waals surface area contributed by atoms with E-state index in [2.05, 4.69) is 37.2 Å². The van der Waals surface area contributed by atoms with E-state index in [0.717, 1.165) is 14.6 Å². The fraction of sp³-hybridized carbons (Fsp3) is 0.0714. The summed E-state index contributed by atoms with van der Waals surface area (Å²) < 4.78 is 1.79. The largest absolute Gasteiger partial charge is 0.322 e.